The number of nitro benzene ring substituents is 1. The Labute approximate surface area is 197 Å². The van der Waals surface area contributed by atoms with E-state index >= 15 is 0 Å². The normalized spacial score (nSPS) is 12.1. The summed E-state index contributed by atoms with van der Waals surface area (Å²) in [7, 11) is 0. The first-order chi connectivity index (χ1) is 15.9. The molecule has 0 aromatic heterocycles. The van der Waals surface area contributed by atoms with E-state index in [1.807, 2.05) is 0 Å². The van der Waals surface area contributed by atoms with E-state index in [2.05, 4.69) is 10.5 Å². The largest absolute Gasteiger partial charge is 0.489 e. The Kier molecular flexibility index (Phi) is 6.62. The van der Waals surface area contributed by atoms with Gasteiger partial charge in [-0.3, -0.25) is 14.9 Å². The van der Waals surface area contributed by atoms with Crippen molar-refractivity contribution in [3.8, 4) is 17.2 Å². The molecule has 0 fully saturated rings. The van der Waals surface area contributed by atoms with Crippen LogP contribution < -0.4 is 19.6 Å². The summed E-state index contributed by atoms with van der Waals surface area (Å²) in [4.78, 5) is 23.1. The van der Waals surface area contributed by atoms with Crippen molar-refractivity contribution < 1.29 is 23.9 Å². The lowest BCUT2D eigenvalue weighted by Crippen LogP contribution is -2.17. The van der Waals surface area contributed by atoms with Gasteiger partial charge in [-0.1, -0.05) is 29.3 Å². The van der Waals surface area contributed by atoms with Crippen LogP contribution in [-0.2, 0) is 6.61 Å². The molecule has 0 radical (unpaired) electrons. The maximum atomic E-state index is 12.3. The lowest BCUT2D eigenvalue weighted by molar-refractivity contribution is -0.385. The van der Waals surface area contributed by atoms with Gasteiger partial charge in [-0.15, -0.1) is 0 Å². The van der Waals surface area contributed by atoms with Crippen LogP contribution in [0.15, 0.2) is 59.7 Å². The second-order valence-electron chi connectivity index (χ2n) is 6.77. The molecule has 1 aliphatic rings. The summed E-state index contributed by atoms with van der Waals surface area (Å²) in [5.41, 5.74) is 3.37. The number of carbonyl (C=O) groups excluding carboxylic acids is 1. The third-order valence-electron chi connectivity index (χ3n) is 4.61. The monoisotopic (exact) mass is 487 g/mol. The molecule has 0 saturated carbocycles. The molecule has 11 heteroatoms. The number of nitro groups is 1. The van der Waals surface area contributed by atoms with Gasteiger partial charge in [0.25, 0.3) is 11.6 Å². The first-order valence-electron chi connectivity index (χ1n) is 9.49. The Morgan fingerprint density at radius 3 is 2.55 bits per heavy atom. The second-order valence-corrected chi connectivity index (χ2v) is 7.61. The molecule has 0 bridgehead atoms. The van der Waals surface area contributed by atoms with E-state index in [0.29, 0.717) is 27.1 Å². The van der Waals surface area contributed by atoms with Crippen LogP contribution >= 0.6 is 23.2 Å². The molecule has 33 heavy (non-hydrogen) atoms. The average Bonchev–Trinajstić information content (AvgIpc) is 3.25. The highest BCUT2D eigenvalue weighted by Crippen LogP contribution is 2.37. The van der Waals surface area contributed by atoms with Gasteiger partial charge in [-0.25, -0.2) is 5.43 Å². The van der Waals surface area contributed by atoms with Crippen LogP contribution in [0.4, 0.5) is 5.69 Å². The second kappa shape index (κ2) is 9.76. The van der Waals surface area contributed by atoms with E-state index in [9.17, 15) is 14.9 Å². The van der Waals surface area contributed by atoms with Gasteiger partial charge >= 0.3 is 0 Å². The van der Waals surface area contributed by atoms with Crippen LogP contribution in [0.25, 0.3) is 0 Å². The van der Waals surface area contributed by atoms with Crippen molar-refractivity contribution in [1.82, 2.24) is 5.43 Å². The maximum absolute atomic E-state index is 12.3. The fourth-order valence-corrected chi connectivity index (χ4v) is 3.40. The van der Waals surface area contributed by atoms with Crippen molar-refractivity contribution >= 4 is 41.0 Å². The molecule has 1 aliphatic heterocycles. The van der Waals surface area contributed by atoms with Crippen molar-refractivity contribution in [3.63, 3.8) is 0 Å². The number of nitrogens with one attached hydrogen (secondary N) is 1. The summed E-state index contributed by atoms with van der Waals surface area (Å²) >= 11 is 12.0. The zero-order valence-electron chi connectivity index (χ0n) is 16.8. The van der Waals surface area contributed by atoms with Crippen LogP contribution in [0.1, 0.15) is 21.5 Å². The van der Waals surface area contributed by atoms with Crippen LogP contribution in [0.2, 0.25) is 10.0 Å². The lowest BCUT2D eigenvalue weighted by Gasteiger charge is -2.08. The van der Waals surface area contributed by atoms with Crippen molar-refractivity contribution in [2.45, 2.75) is 6.61 Å². The molecule has 0 saturated heterocycles. The highest BCUT2D eigenvalue weighted by Gasteiger charge is 2.22. The third-order valence-corrected chi connectivity index (χ3v) is 5.20. The van der Waals surface area contributed by atoms with E-state index in [1.165, 1.54) is 18.3 Å². The standard InChI is InChI=1S/C22H15Cl2N3O6/c23-16-4-1-14(18(24)8-16)11-31-17-5-2-13(3-6-17)22(28)26-25-10-15-7-20-21(33-12-32-20)9-19(15)27(29)30/h1-10H,11-12H2,(H,26,28)/b25-10+. The minimum absolute atomic E-state index is 0.0176. The van der Waals surface area contributed by atoms with Gasteiger partial charge in [0, 0.05) is 21.2 Å². The minimum atomic E-state index is -0.568. The fourth-order valence-electron chi connectivity index (χ4n) is 2.94. The molecule has 9 nitrogen and oxygen atoms in total. The van der Waals surface area contributed by atoms with Gasteiger partial charge in [0.1, 0.15) is 12.4 Å². The van der Waals surface area contributed by atoms with Gasteiger partial charge in [0.15, 0.2) is 11.5 Å². The highest BCUT2D eigenvalue weighted by molar-refractivity contribution is 6.35. The zero-order valence-corrected chi connectivity index (χ0v) is 18.3. The van der Waals surface area contributed by atoms with Crippen molar-refractivity contribution in [2.24, 2.45) is 5.10 Å². The number of carbonyl (C=O) groups is 1. The van der Waals surface area contributed by atoms with Gasteiger partial charge in [0.2, 0.25) is 6.79 Å². The number of hydrazone groups is 1. The molecule has 168 valence electrons. The summed E-state index contributed by atoms with van der Waals surface area (Å²) in [6.45, 7) is 0.219. The van der Waals surface area contributed by atoms with E-state index < -0.39 is 10.8 Å². The summed E-state index contributed by atoms with van der Waals surface area (Å²) in [6, 6.07) is 14.2. The van der Waals surface area contributed by atoms with Crippen LogP contribution in [0.5, 0.6) is 17.2 Å². The Bertz CT molecular complexity index is 1250. The SMILES string of the molecule is O=C(N/N=C/c1cc2c(cc1[N+](=O)[O-])OCO2)c1ccc(OCc2ccc(Cl)cc2Cl)cc1. The highest BCUT2D eigenvalue weighted by atomic mass is 35.5. The lowest BCUT2D eigenvalue weighted by atomic mass is 10.1. The number of nitrogens with zero attached hydrogens (tertiary/aromatic N) is 2. The third kappa shape index (κ3) is 5.33. The number of amides is 1. The number of hydrogen-bond acceptors (Lipinski definition) is 7. The summed E-state index contributed by atoms with van der Waals surface area (Å²) in [6.07, 6.45) is 1.17. The summed E-state index contributed by atoms with van der Waals surface area (Å²) < 4.78 is 16.1. The van der Waals surface area contributed by atoms with Crippen LogP contribution in [-0.4, -0.2) is 23.8 Å². The smallest absolute Gasteiger partial charge is 0.282 e. The summed E-state index contributed by atoms with van der Waals surface area (Å²) in [5.74, 6) is 0.686. The number of halogens is 2. The topological polar surface area (TPSA) is 112 Å². The summed E-state index contributed by atoms with van der Waals surface area (Å²) in [5, 5.41) is 16.1. The molecule has 0 atom stereocenters. The van der Waals surface area contributed by atoms with Crippen molar-refractivity contribution in [2.75, 3.05) is 6.79 Å². The number of benzene rings is 3. The predicted molar refractivity (Wildman–Crippen MR) is 122 cm³/mol. The number of ether oxygens (including phenoxy) is 3. The molecular weight excluding hydrogens is 473 g/mol. The van der Waals surface area contributed by atoms with E-state index in [-0.39, 0.29) is 30.4 Å². The first-order valence-corrected chi connectivity index (χ1v) is 10.2. The van der Waals surface area contributed by atoms with Crippen LogP contribution in [0.3, 0.4) is 0 Å². The Morgan fingerprint density at radius 1 is 1.12 bits per heavy atom. The van der Waals surface area contributed by atoms with Gasteiger partial charge in [-0.2, -0.15) is 5.10 Å². The Morgan fingerprint density at radius 2 is 1.85 bits per heavy atom. The molecule has 1 amide bonds. The maximum Gasteiger partial charge on any atom is 0.282 e. The number of rotatable bonds is 7. The number of hydrogen-bond donors (Lipinski definition) is 1. The molecule has 4 rings (SSSR count). The quantitative estimate of drug-likeness (QED) is 0.286. The number of fused-ring (bicyclic) bond motifs is 1. The zero-order chi connectivity index (χ0) is 23.4. The van der Waals surface area contributed by atoms with Crippen molar-refractivity contribution in [3.05, 3.63) is 91.4 Å². The molecule has 0 aliphatic carbocycles. The van der Waals surface area contributed by atoms with E-state index in [4.69, 9.17) is 37.4 Å². The van der Waals surface area contributed by atoms with Gasteiger partial charge < -0.3 is 14.2 Å². The van der Waals surface area contributed by atoms with Crippen LogP contribution in [0, 0.1) is 10.1 Å². The van der Waals surface area contributed by atoms with Crippen molar-refractivity contribution in [1.29, 1.82) is 0 Å². The van der Waals surface area contributed by atoms with E-state index in [1.54, 1.807) is 42.5 Å². The molecule has 3 aromatic rings. The molecule has 0 spiro atoms. The molecular formula is C22H15Cl2N3O6. The molecule has 1 N–H and O–H groups in total. The van der Waals surface area contributed by atoms with E-state index in [0.717, 1.165) is 5.56 Å². The minimum Gasteiger partial charge on any atom is -0.489 e. The first kappa shape index (κ1) is 22.4. The molecule has 3 aromatic carbocycles. The van der Waals surface area contributed by atoms with Gasteiger partial charge in [-0.05, 0) is 42.5 Å². The predicted octanol–water partition coefficient (Wildman–Crippen LogP) is 4.97. The van der Waals surface area contributed by atoms with Gasteiger partial charge in [0.05, 0.1) is 22.8 Å². The average molecular weight is 488 g/mol. The Balaban J connectivity index is 1.37. The molecule has 1 heterocycles. The fraction of sp³-hybridized carbons (Fsp3) is 0.0909. The Hall–Kier alpha value is -3.82. The molecule has 0 unspecified atom stereocenters.